The zero-order chi connectivity index (χ0) is 28.3. The topological polar surface area (TPSA) is 43.0 Å². The maximum absolute atomic E-state index is 7.20. The van der Waals surface area contributed by atoms with Crippen molar-refractivity contribution in [3.05, 3.63) is 157 Å². The van der Waals surface area contributed by atoms with E-state index in [0.29, 0.717) is 23.2 Å². The predicted molar refractivity (Wildman–Crippen MR) is 171 cm³/mol. The summed E-state index contributed by atoms with van der Waals surface area (Å²) in [5.74, 6) is 1.94. The molecule has 0 saturated carbocycles. The number of hydrogen-bond acceptors (Lipinski definition) is 3. The molecule has 1 heterocycles. The van der Waals surface area contributed by atoms with E-state index in [0.717, 1.165) is 33.4 Å². The summed E-state index contributed by atoms with van der Waals surface area (Å²) in [4.78, 5) is 18.0. The molecule has 0 aliphatic rings. The maximum Gasteiger partial charge on any atom is 0.187 e. The van der Waals surface area contributed by atoms with E-state index >= 15 is 0 Å². The van der Waals surface area contributed by atoms with Gasteiger partial charge in [0.2, 0.25) is 0 Å². The first-order valence-electron chi connectivity index (χ1n) is 13.7. The summed E-state index contributed by atoms with van der Waals surface area (Å²) in [6, 6.07) is 49.1. The summed E-state index contributed by atoms with van der Waals surface area (Å²) in [5, 5.41) is 2.35. The highest BCUT2D eigenvalue weighted by Crippen LogP contribution is 2.33. The third kappa shape index (κ3) is 4.92. The Hall–Kier alpha value is -5.92. The molecule has 7 aromatic rings. The lowest BCUT2D eigenvalue weighted by molar-refractivity contribution is 1.07. The molecule has 0 aliphatic carbocycles. The zero-order valence-corrected chi connectivity index (χ0v) is 22.6. The number of rotatable bonds is 5. The molecule has 0 N–H and O–H groups in total. The van der Waals surface area contributed by atoms with Crippen LogP contribution in [0.3, 0.4) is 0 Å². The third-order valence-electron chi connectivity index (χ3n) is 7.36. The number of hydrogen-bond donors (Lipinski definition) is 0. The van der Waals surface area contributed by atoms with Crippen molar-refractivity contribution in [1.82, 2.24) is 15.0 Å². The Morgan fingerprint density at radius 2 is 0.905 bits per heavy atom. The van der Waals surface area contributed by atoms with Gasteiger partial charge >= 0.3 is 0 Å². The summed E-state index contributed by atoms with van der Waals surface area (Å²) in [7, 11) is 0. The van der Waals surface area contributed by atoms with E-state index in [4.69, 9.17) is 21.5 Å². The molecule has 0 spiro atoms. The predicted octanol–water partition coefficient (Wildman–Crippen LogP) is 9.91. The zero-order valence-electron chi connectivity index (χ0n) is 22.6. The van der Waals surface area contributed by atoms with E-state index in [9.17, 15) is 0 Å². The van der Waals surface area contributed by atoms with Gasteiger partial charge < -0.3 is 0 Å². The average molecular weight is 537 g/mol. The van der Waals surface area contributed by atoms with Crippen LogP contribution in [-0.2, 0) is 0 Å². The monoisotopic (exact) mass is 536 g/mol. The molecule has 0 unspecified atom stereocenters. The van der Waals surface area contributed by atoms with Gasteiger partial charge in [0.25, 0.3) is 0 Å². The number of aromatic nitrogens is 3. The third-order valence-corrected chi connectivity index (χ3v) is 7.36. The van der Waals surface area contributed by atoms with Crippen molar-refractivity contribution in [2.75, 3.05) is 0 Å². The Morgan fingerprint density at radius 1 is 0.405 bits per heavy atom. The van der Waals surface area contributed by atoms with Gasteiger partial charge in [0, 0.05) is 16.7 Å². The number of nitrogens with zero attached hydrogens (tertiary/aromatic N) is 4. The van der Waals surface area contributed by atoms with Crippen LogP contribution in [0.15, 0.2) is 146 Å². The first-order chi connectivity index (χ1) is 20.7. The molecule has 0 radical (unpaired) electrons. The van der Waals surface area contributed by atoms with E-state index in [2.05, 4.69) is 65.5 Å². The van der Waals surface area contributed by atoms with Crippen LogP contribution < -0.4 is 0 Å². The van der Waals surface area contributed by atoms with Gasteiger partial charge in [-0.1, -0.05) is 140 Å². The fourth-order valence-corrected chi connectivity index (χ4v) is 5.18. The highest BCUT2D eigenvalue weighted by atomic mass is 15.0. The normalized spacial score (nSPS) is 10.8. The summed E-state index contributed by atoms with van der Waals surface area (Å²) < 4.78 is 0. The summed E-state index contributed by atoms with van der Waals surface area (Å²) in [6.07, 6.45) is 0. The standard InChI is InChI=1S/C38H24N4/c1-39-33-22-19-26(20-23-33)31-21-24-35-32(25-31)13-8-14-34(35)27-15-17-30(18-16-27)38-41-36(28-9-4-2-5-10-28)40-37(42-38)29-11-6-3-7-12-29/h2-25H. The highest BCUT2D eigenvalue weighted by molar-refractivity contribution is 5.99. The molecule has 0 fully saturated rings. The molecule has 6 aromatic carbocycles. The first-order valence-corrected chi connectivity index (χ1v) is 13.7. The van der Waals surface area contributed by atoms with Crippen molar-refractivity contribution in [3.8, 4) is 56.4 Å². The van der Waals surface area contributed by atoms with E-state index < -0.39 is 0 Å². The number of fused-ring (bicyclic) bond motifs is 1. The Bertz CT molecular complexity index is 2000. The van der Waals surface area contributed by atoms with Gasteiger partial charge in [0.15, 0.2) is 23.2 Å². The lowest BCUT2D eigenvalue weighted by Gasteiger charge is -2.11. The average Bonchev–Trinajstić information content (AvgIpc) is 3.08. The summed E-state index contributed by atoms with van der Waals surface area (Å²) in [6.45, 7) is 7.20. The molecule has 4 heteroatoms. The minimum absolute atomic E-state index is 0.640. The molecule has 0 atom stereocenters. The lowest BCUT2D eigenvalue weighted by Crippen LogP contribution is -2.00. The molecule has 0 amide bonds. The Balaban J connectivity index is 1.26. The van der Waals surface area contributed by atoms with Crippen molar-refractivity contribution in [3.63, 3.8) is 0 Å². The molecule has 1 aromatic heterocycles. The summed E-state index contributed by atoms with van der Waals surface area (Å²) in [5.41, 5.74) is 8.00. The second kappa shape index (κ2) is 10.9. The van der Waals surface area contributed by atoms with Crippen LogP contribution in [0, 0.1) is 6.57 Å². The van der Waals surface area contributed by atoms with Gasteiger partial charge in [0.1, 0.15) is 0 Å². The van der Waals surface area contributed by atoms with Gasteiger partial charge in [-0.3, -0.25) is 0 Å². The van der Waals surface area contributed by atoms with Gasteiger partial charge in [-0.2, -0.15) is 0 Å². The van der Waals surface area contributed by atoms with Crippen molar-refractivity contribution in [1.29, 1.82) is 0 Å². The smallest absolute Gasteiger partial charge is 0.187 e. The molecule has 0 bridgehead atoms. The van der Waals surface area contributed by atoms with Crippen molar-refractivity contribution in [2.45, 2.75) is 0 Å². The van der Waals surface area contributed by atoms with Crippen LogP contribution in [-0.4, -0.2) is 15.0 Å². The SMILES string of the molecule is [C-]#[N+]c1ccc(-c2ccc3c(-c4ccc(-c5nc(-c6ccccc6)nc(-c6ccccc6)n5)cc4)cccc3c2)cc1. The van der Waals surface area contributed by atoms with Crippen LogP contribution in [0.2, 0.25) is 0 Å². The molecule has 42 heavy (non-hydrogen) atoms. The second-order valence-corrected chi connectivity index (χ2v) is 10.0. The van der Waals surface area contributed by atoms with E-state index in [1.807, 2.05) is 84.9 Å². The molecule has 0 aliphatic heterocycles. The van der Waals surface area contributed by atoms with Crippen molar-refractivity contribution >= 4 is 16.5 Å². The van der Waals surface area contributed by atoms with E-state index in [1.54, 1.807) is 0 Å². The highest BCUT2D eigenvalue weighted by Gasteiger charge is 2.13. The number of benzene rings is 6. The maximum atomic E-state index is 7.20. The summed E-state index contributed by atoms with van der Waals surface area (Å²) >= 11 is 0. The van der Waals surface area contributed by atoms with E-state index in [1.165, 1.54) is 16.3 Å². The van der Waals surface area contributed by atoms with Crippen LogP contribution in [0.5, 0.6) is 0 Å². The van der Waals surface area contributed by atoms with Gasteiger partial charge in [-0.05, 0) is 39.1 Å². The second-order valence-electron chi connectivity index (χ2n) is 10.0. The minimum Gasteiger partial charge on any atom is -0.238 e. The lowest BCUT2D eigenvalue weighted by atomic mass is 9.94. The van der Waals surface area contributed by atoms with E-state index in [-0.39, 0.29) is 0 Å². The molecule has 196 valence electrons. The van der Waals surface area contributed by atoms with Gasteiger partial charge in [-0.25, -0.2) is 19.8 Å². The van der Waals surface area contributed by atoms with Crippen molar-refractivity contribution in [2.24, 2.45) is 0 Å². The van der Waals surface area contributed by atoms with Crippen molar-refractivity contribution < 1.29 is 0 Å². The van der Waals surface area contributed by atoms with Crippen LogP contribution >= 0.6 is 0 Å². The van der Waals surface area contributed by atoms with Crippen LogP contribution in [0.1, 0.15) is 0 Å². The molecule has 7 rings (SSSR count). The largest absolute Gasteiger partial charge is 0.238 e. The molecule has 4 nitrogen and oxygen atoms in total. The van der Waals surface area contributed by atoms with Gasteiger partial charge in [0.05, 0.1) is 6.57 Å². The first kappa shape index (κ1) is 25.1. The fourth-order valence-electron chi connectivity index (χ4n) is 5.18. The quantitative estimate of drug-likeness (QED) is 0.206. The molecule has 0 saturated heterocycles. The van der Waals surface area contributed by atoms with Crippen LogP contribution in [0.4, 0.5) is 5.69 Å². The molecular formula is C38H24N4. The Kier molecular flexibility index (Phi) is 6.52. The fraction of sp³-hybridized carbons (Fsp3) is 0. The van der Waals surface area contributed by atoms with Gasteiger partial charge in [-0.15, -0.1) is 0 Å². The molecular weight excluding hydrogens is 512 g/mol. The Labute approximate surface area is 244 Å². The minimum atomic E-state index is 0.640. The van der Waals surface area contributed by atoms with Crippen LogP contribution in [0.25, 0.3) is 72.0 Å². The Morgan fingerprint density at radius 3 is 1.48 bits per heavy atom.